The van der Waals surface area contributed by atoms with Gasteiger partial charge in [-0.25, -0.2) is 0 Å². The number of aliphatic hydroxyl groups is 16. The first-order valence-corrected chi connectivity index (χ1v) is 44.8. The first kappa shape index (κ1) is 107. The van der Waals surface area contributed by atoms with E-state index < -0.39 is 199 Å². The summed E-state index contributed by atoms with van der Waals surface area (Å²) in [7, 11) is 2.59. The predicted octanol–water partition coefficient (Wildman–Crippen LogP) is -2.87. The zero-order chi connectivity index (χ0) is 86.9. The van der Waals surface area contributed by atoms with Gasteiger partial charge in [-0.2, -0.15) is 0 Å². The predicted molar refractivity (Wildman–Crippen MR) is 506 cm³/mol. The topological polar surface area (TPSA) is 655 Å². The molecule has 632 valence electrons. The molecule has 0 fully saturated rings. The Morgan fingerprint density at radius 2 is 0.430 bits per heavy atom. The second kappa shape index (κ2) is 51.7. The molecular weight excluding hydrogens is 2880 g/mol. The van der Waals surface area contributed by atoms with Gasteiger partial charge in [0.25, 0.3) is 47.3 Å². The van der Waals surface area contributed by atoms with Crippen LogP contribution < -0.4 is 53.2 Å². The number of halogens is 12. The fourth-order valence-electron chi connectivity index (χ4n) is 9.03. The van der Waals surface area contributed by atoms with Gasteiger partial charge in [0.1, 0.15) is 26.4 Å². The van der Waals surface area contributed by atoms with E-state index in [9.17, 15) is 119 Å². The van der Waals surface area contributed by atoms with E-state index >= 15 is 0 Å². The Morgan fingerprint density at radius 3 is 0.605 bits per heavy atom. The molecule has 8 atom stereocenters. The van der Waals surface area contributed by atoms with Gasteiger partial charge in [0.05, 0.1) is 171 Å². The Morgan fingerprint density at radius 1 is 0.263 bits per heavy atom. The van der Waals surface area contributed by atoms with Crippen molar-refractivity contribution in [3.05, 3.63) is 87.3 Å². The summed E-state index contributed by atoms with van der Waals surface area (Å²) < 4.78 is 1.85. The summed E-state index contributed by atoms with van der Waals surface area (Å²) in [6.07, 6.45) is -11.9. The van der Waals surface area contributed by atoms with Crippen molar-refractivity contribution in [2.75, 3.05) is 141 Å². The maximum absolute atomic E-state index is 14.0. The van der Waals surface area contributed by atoms with E-state index in [2.05, 4.69) is 53.2 Å². The van der Waals surface area contributed by atoms with Crippen LogP contribution in [0.1, 0.15) is 82.9 Å². The molecular formula is C62H72I12N12O28. The Labute approximate surface area is 810 Å². The van der Waals surface area contributed by atoms with Crippen molar-refractivity contribution in [1.82, 2.24) is 41.7 Å². The van der Waals surface area contributed by atoms with Crippen LogP contribution in [0.4, 0.5) is 22.7 Å². The number of carbonyl (C=O) groups is 12. The van der Waals surface area contributed by atoms with Gasteiger partial charge in [-0.15, -0.1) is 0 Å². The van der Waals surface area contributed by atoms with Crippen LogP contribution in [-0.2, 0) is 19.2 Å². The van der Waals surface area contributed by atoms with Crippen LogP contribution in [0.15, 0.2) is 0 Å². The van der Waals surface area contributed by atoms with E-state index in [0.29, 0.717) is 0 Å². The summed E-state index contributed by atoms with van der Waals surface area (Å²) in [5, 5.41) is 181. The van der Waals surface area contributed by atoms with Crippen LogP contribution in [0.3, 0.4) is 0 Å². The number of nitrogens with zero attached hydrogens (tertiary/aromatic N) is 2. The quantitative estimate of drug-likeness (QED) is 0.0201. The zero-order valence-corrected chi connectivity index (χ0v) is 84.3. The lowest BCUT2D eigenvalue weighted by atomic mass is 10.1. The fraction of sp³-hybridized carbons (Fsp3) is 0.419. The van der Waals surface area contributed by atoms with E-state index in [1.807, 2.05) is 0 Å². The van der Waals surface area contributed by atoms with Crippen molar-refractivity contribution in [3.63, 3.8) is 0 Å². The second-order valence-corrected chi connectivity index (χ2v) is 36.3. The van der Waals surface area contributed by atoms with E-state index in [1.165, 1.54) is 14.1 Å². The molecule has 0 saturated carbocycles. The van der Waals surface area contributed by atoms with Gasteiger partial charge in [-0.1, -0.05) is 0 Å². The molecule has 26 N–H and O–H groups in total. The molecule has 0 aliphatic carbocycles. The number of likely N-dealkylation sites (N-methyl/N-ethyl adjacent to an activating group) is 2. The smallest absolute Gasteiger partial charge is 0.255 e. The molecule has 4 rings (SSSR count). The molecule has 0 aromatic heterocycles. The van der Waals surface area contributed by atoms with Crippen molar-refractivity contribution < 1.29 is 139 Å². The van der Waals surface area contributed by atoms with Gasteiger partial charge in [0.15, 0.2) is 0 Å². The van der Waals surface area contributed by atoms with Crippen LogP contribution in [0.25, 0.3) is 0 Å². The number of benzene rings is 4. The van der Waals surface area contributed by atoms with Crippen LogP contribution in [-0.4, -0.2) is 331 Å². The number of aliphatic hydroxyl groups excluding tert-OH is 16. The summed E-state index contributed by atoms with van der Waals surface area (Å²) in [4.78, 5) is 159. The lowest BCUT2D eigenvalue weighted by molar-refractivity contribution is -0.119. The number of anilines is 4. The molecule has 0 aliphatic rings. The monoisotopic (exact) mass is 2960 g/mol. The number of carbonyl (C=O) groups excluding carboxylic acids is 12. The number of rotatable bonds is 38. The highest BCUT2D eigenvalue weighted by Crippen LogP contribution is 2.41. The van der Waals surface area contributed by atoms with Gasteiger partial charge < -0.3 is 145 Å². The summed E-state index contributed by atoms with van der Waals surface area (Å²) in [6.45, 7) is -9.78. The Hall–Kier alpha value is -1.36. The standard InChI is InChI=1S/C32H38I6N6O14.C30H34I6N6O14/c1-43(31(57)19-21(33)17(29(55)39-3-11(49)7-45)23(35)27(25(19)37)41-15(53)9-47)5-13(51)14(52)6-44(2)32(58)20-22(34)18(30(56)40-4-12(50)8-46)24(36)28(26(20)38)42-16(54)10-48;31-19-15(27(53)37-1-9(47)5-43)21(33)25(41-13(51)7-45)23(35)17(19)29(55)39-3-11(49)12(50)4-40-30(56)18-20(32)16(28(54)38-2-10(48)6-44)22(34)26(24(18)36)42-14(52)8-46/h11-14,45-52H,3-10H2,1-2H3,(H,39,55)(H,40,56)(H,41,53)(H,42,54);9-12,43-50H,1-8H2,(H,37,53)(H,38,54)(H,39,55)(H,40,56)(H,41,51)(H,42,52)/t;9?,10?,11-,12+. The molecule has 4 aromatic carbocycles. The van der Waals surface area contributed by atoms with E-state index in [-0.39, 0.29) is 136 Å². The minimum Gasteiger partial charge on any atom is -0.394 e. The molecule has 4 aromatic rings. The molecule has 0 heterocycles. The summed E-state index contributed by atoms with van der Waals surface area (Å²) >= 11 is 21.1. The average Bonchev–Trinajstić information content (AvgIpc) is 0.779. The van der Waals surface area contributed by atoms with Crippen LogP contribution in [0, 0.1) is 42.8 Å². The lowest BCUT2D eigenvalue weighted by Crippen LogP contribution is -2.46. The van der Waals surface area contributed by atoms with E-state index in [1.54, 1.807) is 271 Å². The molecule has 12 amide bonds. The minimum atomic E-state index is -1.69. The highest BCUT2D eigenvalue weighted by Gasteiger charge is 2.37. The van der Waals surface area contributed by atoms with Gasteiger partial charge in [-0.3, -0.25) is 57.5 Å². The van der Waals surface area contributed by atoms with Crippen molar-refractivity contribution >= 4 is 365 Å². The molecule has 114 heavy (non-hydrogen) atoms. The largest absolute Gasteiger partial charge is 0.394 e. The number of nitrogens with one attached hydrogen (secondary N) is 10. The average molecular weight is 2960 g/mol. The molecule has 0 bridgehead atoms. The molecule has 0 aliphatic heterocycles. The van der Waals surface area contributed by atoms with E-state index in [4.69, 9.17) is 20.4 Å². The normalized spacial score (nSPS) is 13.2. The first-order valence-electron chi connectivity index (χ1n) is 31.9. The molecule has 40 nitrogen and oxygen atoms in total. The van der Waals surface area contributed by atoms with Crippen molar-refractivity contribution in [1.29, 1.82) is 0 Å². The SMILES string of the molecule is CN(CC(O)C(O)CN(C)C(=O)c1c(I)c(NC(=O)CO)c(I)c(C(=O)NCC(O)CO)c1I)C(=O)c1c(I)c(NC(=O)CO)c(I)c(C(=O)NCC(O)CO)c1I.O=C(CO)Nc1c(I)c(C(=O)NCC(O)CO)c(I)c(C(=O)NC[C@@H](O)[C@@H](O)CNC(=O)c2c(I)c(NC(=O)CO)c(I)c(C(=O)NCC(O)CO)c2I)c1I. The van der Waals surface area contributed by atoms with Gasteiger partial charge in [0.2, 0.25) is 23.6 Å². The van der Waals surface area contributed by atoms with Crippen LogP contribution in [0.5, 0.6) is 0 Å². The molecule has 0 spiro atoms. The first-order chi connectivity index (χ1) is 53.4. The maximum atomic E-state index is 14.0. The zero-order valence-electron chi connectivity index (χ0n) is 58.4. The molecule has 0 saturated heterocycles. The summed E-state index contributed by atoms with van der Waals surface area (Å²) in [6, 6.07) is 0. The Kier molecular flexibility index (Phi) is 48.4. The number of amides is 12. The molecule has 6 unspecified atom stereocenters. The fourth-order valence-corrected chi connectivity index (χ4v) is 26.6. The lowest BCUT2D eigenvalue weighted by Gasteiger charge is -2.29. The van der Waals surface area contributed by atoms with Crippen molar-refractivity contribution in [2.24, 2.45) is 0 Å². The van der Waals surface area contributed by atoms with Crippen molar-refractivity contribution in [2.45, 2.75) is 48.8 Å². The van der Waals surface area contributed by atoms with Crippen LogP contribution in [0.2, 0.25) is 0 Å². The molecule has 52 heteroatoms. The van der Waals surface area contributed by atoms with Crippen LogP contribution >= 0.6 is 271 Å². The minimum absolute atomic E-state index is 0.00862. The summed E-state index contributed by atoms with van der Waals surface area (Å²) in [5.41, 5.74) is -0.666. The Bertz CT molecular complexity index is 4010. The van der Waals surface area contributed by atoms with Gasteiger partial charge >= 0.3 is 0 Å². The maximum Gasteiger partial charge on any atom is 0.255 e. The van der Waals surface area contributed by atoms with Crippen molar-refractivity contribution in [3.8, 4) is 0 Å². The second-order valence-electron chi connectivity index (χ2n) is 23.3. The number of hydrogen-bond acceptors (Lipinski definition) is 28. The summed E-state index contributed by atoms with van der Waals surface area (Å²) in [5.74, 6) is -9.68. The highest BCUT2D eigenvalue weighted by molar-refractivity contribution is 14.1. The third kappa shape index (κ3) is 29.4. The number of hydrogen-bond donors (Lipinski definition) is 26. The Balaban J connectivity index is 0.000000591. The van der Waals surface area contributed by atoms with Gasteiger partial charge in [0, 0.05) is 80.7 Å². The molecule has 0 radical (unpaired) electrons. The van der Waals surface area contributed by atoms with Gasteiger partial charge in [-0.05, 0) is 271 Å². The highest BCUT2D eigenvalue weighted by atomic mass is 127. The van der Waals surface area contributed by atoms with E-state index in [0.717, 1.165) is 9.80 Å². The third-order valence-corrected chi connectivity index (χ3v) is 27.9. The third-order valence-electron chi connectivity index (χ3n) is 15.0.